The first-order valence-electron chi connectivity index (χ1n) is 5.58. The molecule has 0 unspecified atom stereocenters. The minimum absolute atomic E-state index is 0.143. The van der Waals surface area contributed by atoms with Crippen LogP contribution in [0.2, 0.25) is 0 Å². The molecule has 0 radical (unpaired) electrons. The summed E-state index contributed by atoms with van der Waals surface area (Å²) < 4.78 is 0. The predicted molar refractivity (Wildman–Crippen MR) is 66.3 cm³/mol. The highest BCUT2D eigenvalue weighted by Gasteiger charge is 2.36. The van der Waals surface area contributed by atoms with Crippen molar-refractivity contribution < 1.29 is 0 Å². The van der Waals surface area contributed by atoms with Crippen molar-refractivity contribution in [1.82, 2.24) is 0 Å². The van der Waals surface area contributed by atoms with E-state index in [2.05, 4.69) is 30.4 Å². The molecule has 0 saturated heterocycles. The molecule has 0 heterocycles. The molecule has 0 aromatic carbocycles. The van der Waals surface area contributed by atoms with Crippen LogP contribution >= 0.6 is 0 Å². The summed E-state index contributed by atoms with van der Waals surface area (Å²) in [5.41, 5.74) is 3.43. The summed E-state index contributed by atoms with van der Waals surface area (Å²) in [7, 11) is 0. The van der Waals surface area contributed by atoms with E-state index in [4.69, 9.17) is 6.42 Å². The molecule has 2 nitrogen and oxygen atoms in total. The molecular formula is C15H14N2. The van der Waals surface area contributed by atoms with Gasteiger partial charge >= 0.3 is 0 Å². The molecule has 0 amide bonds. The lowest BCUT2D eigenvalue weighted by atomic mass is 9.72. The molecule has 0 aromatic rings. The highest BCUT2D eigenvalue weighted by Crippen LogP contribution is 2.40. The van der Waals surface area contributed by atoms with Crippen molar-refractivity contribution in [2.75, 3.05) is 0 Å². The Labute approximate surface area is 103 Å². The Morgan fingerprint density at radius 2 is 1.94 bits per heavy atom. The largest absolute Gasteiger partial charge is 0.196 e. The van der Waals surface area contributed by atoms with Gasteiger partial charge in [-0.05, 0) is 42.9 Å². The molecule has 0 saturated carbocycles. The van der Waals surface area contributed by atoms with E-state index in [-0.39, 0.29) is 6.42 Å². The van der Waals surface area contributed by atoms with Crippen molar-refractivity contribution in [2.24, 2.45) is 5.41 Å². The minimum Gasteiger partial charge on any atom is -0.196 e. The molecule has 0 bridgehead atoms. The van der Waals surface area contributed by atoms with E-state index in [9.17, 15) is 10.5 Å². The second kappa shape index (κ2) is 5.77. The Kier molecular flexibility index (Phi) is 4.37. The average Bonchev–Trinajstić information content (AvgIpc) is 2.37. The van der Waals surface area contributed by atoms with Crippen molar-refractivity contribution in [3.63, 3.8) is 0 Å². The fourth-order valence-corrected chi connectivity index (χ4v) is 2.20. The SMILES string of the molecule is C#CCC(C#N)(C#N)C1=C(C=C=C)CCCC1. The molecular weight excluding hydrogens is 208 g/mol. The molecule has 0 spiro atoms. The topological polar surface area (TPSA) is 47.6 Å². The lowest BCUT2D eigenvalue weighted by Gasteiger charge is -2.26. The van der Waals surface area contributed by atoms with E-state index in [1.54, 1.807) is 6.08 Å². The monoisotopic (exact) mass is 222 g/mol. The van der Waals surface area contributed by atoms with Crippen molar-refractivity contribution in [3.05, 3.63) is 29.5 Å². The molecule has 1 rings (SSSR count). The first kappa shape index (κ1) is 12.9. The molecule has 0 aromatic heterocycles. The fraction of sp³-hybridized carbons (Fsp3) is 0.400. The number of nitrogens with zero attached hydrogens (tertiary/aromatic N) is 2. The molecule has 0 fully saturated rings. The molecule has 17 heavy (non-hydrogen) atoms. The van der Waals surface area contributed by atoms with Gasteiger partial charge in [0.15, 0.2) is 5.41 Å². The number of terminal acetylenes is 1. The Balaban J connectivity index is 3.35. The second-order valence-electron chi connectivity index (χ2n) is 4.07. The Bertz CT molecular complexity index is 483. The molecule has 84 valence electrons. The van der Waals surface area contributed by atoms with Gasteiger partial charge in [-0.1, -0.05) is 6.58 Å². The van der Waals surface area contributed by atoms with Gasteiger partial charge in [0.25, 0.3) is 0 Å². The zero-order chi connectivity index (χ0) is 12.7. The maximum atomic E-state index is 9.29. The van der Waals surface area contributed by atoms with E-state index >= 15 is 0 Å². The summed E-state index contributed by atoms with van der Waals surface area (Å²) >= 11 is 0. The number of allylic oxidation sites excluding steroid dienone is 3. The second-order valence-corrected chi connectivity index (χ2v) is 4.07. The normalized spacial score (nSPS) is 15.1. The fourth-order valence-electron chi connectivity index (χ4n) is 2.20. The average molecular weight is 222 g/mol. The van der Waals surface area contributed by atoms with E-state index in [1.165, 1.54) is 0 Å². The number of hydrogen-bond donors (Lipinski definition) is 0. The van der Waals surface area contributed by atoms with Crippen LogP contribution in [-0.4, -0.2) is 0 Å². The van der Waals surface area contributed by atoms with Gasteiger partial charge in [-0.25, -0.2) is 0 Å². The molecule has 0 aliphatic heterocycles. The van der Waals surface area contributed by atoms with Gasteiger partial charge in [-0.3, -0.25) is 0 Å². The Morgan fingerprint density at radius 3 is 2.47 bits per heavy atom. The lowest BCUT2D eigenvalue weighted by Crippen LogP contribution is -2.22. The van der Waals surface area contributed by atoms with Crippen LogP contribution < -0.4 is 0 Å². The molecule has 0 N–H and O–H groups in total. The summed E-state index contributed by atoms with van der Waals surface area (Å²) in [6.45, 7) is 3.55. The van der Waals surface area contributed by atoms with Crippen molar-refractivity contribution in [1.29, 1.82) is 10.5 Å². The van der Waals surface area contributed by atoms with Gasteiger partial charge in [0, 0.05) is 6.42 Å². The third-order valence-electron chi connectivity index (χ3n) is 3.05. The quantitative estimate of drug-likeness (QED) is 0.543. The summed E-state index contributed by atoms with van der Waals surface area (Å²) in [5, 5.41) is 18.6. The predicted octanol–water partition coefficient (Wildman–Crippen LogP) is 3.25. The van der Waals surface area contributed by atoms with Gasteiger partial charge in [-0.15, -0.1) is 18.1 Å². The van der Waals surface area contributed by atoms with Gasteiger partial charge < -0.3 is 0 Å². The third-order valence-corrected chi connectivity index (χ3v) is 3.05. The Morgan fingerprint density at radius 1 is 1.29 bits per heavy atom. The van der Waals surface area contributed by atoms with Gasteiger partial charge in [0.2, 0.25) is 0 Å². The van der Waals surface area contributed by atoms with E-state index in [1.807, 2.05) is 0 Å². The van der Waals surface area contributed by atoms with E-state index < -0.39 is 5.41 Å². The maximum Gasteiger partial charge on any atom is 0.176 e. The number of nitriles is 2. The Hall–Kier alpha value is -2.20. The number of rotatable bonds is 3. The van der Waals surface area contributed by atoms with Crippen LogP contribution in [0.4, 0.5) is 0 Å². The highest BCUT2D eigenvalue weighted by atomic mass is 14.4. The van der Waals surface area contributed by atoms with Gasteiger partial charge in [0.05, 0.1) is 12.1 Å². The van der Waals surface area contributed by atoms with Gasteiger partial charge in [0.1, 0.15) is 0 Å². The molecule has 1 aliphatic rings. The van der Waals surface area contributed by atoms with E-state index in [0.29, 0.717) is 0 Å². The van der Waals surface area contributed by atoms with E-state index in [0.717, 1.165) is 36.8 Å². The van der Waals surface area contributed by atoms with Gasteiger partial charge in [-0.2, -0.15) is 10.5 Å². The maximum absolute atomic E-state index is 9.29. The summed E-state index contributed by atoms with van der Waals surface area (Å²) in [6.07, 6.45) is 10.9. The summed E-state index contributed by atoms with van der Waals surface area (Å²) in [5.74, 6) is 2.44. The van der Waals surface area contributed by atoms with Crippen LogP contribution in [0.1, 0.15) is 32.1 Å². The lowest BCUT2D eigenvalue weighted by molar-refractivity contribution is 0.548. The van der Waals surface area contributed by atoms with Crippen LogP contribution in [0.3, 0.4) is 0 Å². The third kappa shape index (κ3) is 2.49. The van der Waals surface area contributed by atoms with Crippen LogP contribution in [0.15, 0.2) is 29.5 Å². The van der Waals surface area contributed by atoms with Crippen molar-refractivity contribution in [2.45, 2.75) is 32.1 Å². The summed E-state index contributed by atoms with van der Waals surface area (Å²) in [4.78, 5) is 0. The first-order chi connectivity index (χ1) is 8.24. The highest BCUT2D eigenvalue weighted by molar-refractivity contribution is 5.42. The van der Waals surface area contributed by atoms with Crippen LogP contribution in [-0.2, 0) is 0 Å². The van der Waals surface area contributed by atoms with Crippen LogP contribution in [0.25, 0.3) is 0 Å². The zero-order valence-corrected chi connectivity index (χ0v) is 9.79. The molecule has 1 aliphatic carbocycles. The molecule has 0 atom stereocenters. The standard InChI is InChI=1S/C15H14N2/c1-3-7-13-8-5-6-9-14(13)15(11-16,12-17)10-4-2/h2,7H,1,5-6,8-10H2. The first-order valence-corrected chi connectivity index (χ1v) is 5.58. The smallest absolute Gasteiger partial charge is 0.176 e. The molecule has 2 heteroatoms. The number of hydrogen-bond acceptors (Lipinski definition) is 2. The summed E-state index contributed by atoms with van der Waals surface area (Å²) in [6, 6.07) is 4.19. The zero-order valence-electron chi connectivity index (χ0n) is 9.79. The van der Waals surface area contributed by atoms with Crippen molar-refractivity contribution in [3.8, 4) is 24.5 Å². The van der Waals surface area contributed by atoms with Crippen LogP contribution in [0.5, 0.6) is 0 Å². The van der Waals surface area contributed by atoms with Crippen molar-refractivity contribution >= 4 is 0 Å². The van der Waals surface area contributed by atoms with Crippen LogP contribution in [0, 0.1) is 40.4 Å². The minimum atomic E-state index is -1.17.